The molecule has 0 saturated carbocycles. The van der Waals surface area contributed by atoms with Crippen molar-refractivity contribution >= 4 is 23.8 Å². The highest BCUT2D eigenvalue weighted by molar-refractivity contribution is 6.21. The van der Waals surface area contributed by atoms with Gasteiger partial charge in [0.1, 0.15) is 12.1 Å². The van der Waals surface area contributed by atoms with Crippen LogP contribution in [0.1, 0.15) is 46.0 Å². The third-order valence-corrected chi connectivity index (χ3v) is 5.92. The van der Waals surface area contributed by atoms with Crippen molar-refractivity contribution in [1.29, 1.82) is 0 Å². The standard InChI is InChI=1S/C24H25N3O5/c1-24(25-23(31)32-16-17-8-3-2-4-9-17)12-15-26(22(24)30)13-7-14-27-20(28)18-10-5-6-11-19(18)21(27)29/h2-6,8-11H,7,12-16H2,1H3,(H,25,31)/t24-/m1/s1. The van der Waals surface area contributed by atoms with Crippen LogP contribution < -0.4 is 5.32 Å². The number of benzene rings is 2. The zero-order chi connectivity index (χ0) is 22.7. The van der Waals surface area contributed by atoms with Gasteiger partial charge in [-0.2, -0.15) is 0 Å². The van der Waals surface area contributed by atoms with Gasteiger partial charge < -0.3 is 15.0 Å². The molecule has 1 N–H and O–H groups in total. The Balaban J connectivity index is 1.26. The zero-order valence-electron chi connectivity index (χ0n) is 17.9. The van der Waals surface area contributed by atoms with Gasteiger partial charge in [-0.15, -0.1) is 0 Å². The van der Waals surface area contributed by atoms with Gasteiger partial charge in [0.05, 0.1) is 11.1 Å². The molecule has 2 aromatic carbocycles. The van der Waals surface area contributed by atoms with Crippen LogP contribution in [-0.2, 0) is 16.1 Å². The number of carbonyl (C=O) groups excluding carboxylic acids is 4. The van der Waals surface area contributed by atoms with Crippen LogP contribution in [0.5, 0.6) is 0 Å². The van der Waals surface area contributed by atoms with Crippen LogP contribution in [0.2, 0.25) is 0 Å². The second-order valence-corrected chi connectivity index (χ2v) is 8.22. The van der Waals surface area contributed by atoms with Crippen LogP contribution >= 0.6 is 0 Å². The average molecular weight is 435 g/mol. The molecule has 0 aromatic heterocycles. The minimum atomic E-state index is -1.04. The number of fused-ring (bicyclic) bond motifs is 1. The Hall–Kier alpha value is -3.68. The molecule has 1 saturated heterocycles. The van der Waals surface area contributed by atoms with E-state index in [9.17, 15) is 19.2 Å². The largest absolute Gasteiger partial charge is 0.445 e. The lowest BCUT2D eigenvalue weighted by Crippen LogP contribution is -2.52. The normalized spacial score (nSPS) is 20.0. The molecule has 1 atom stereocenters. The number of nitrogens with one attached hydrogen (secondary N) is 1. The summed E-state index contributed by atoms with van der Waals surface area (Å²) in [6.07, 6.45) is 0.281. The predicted octanol–water partition coefficient (Wildman–Crippen LogP) is 2.59. The van der Waals surface area contributed by atoms with E-state index in [-0.39, 0.29) is 30.9 Å². The summed E-state index contributed by atoms with van der Waals surface area (Å²) >= 11 is 0. The molecule has 0 aliphatic carbocycles. The lowest BCUT2D eigenvalue weighted by molar-refractivity contribution is -0.132. The fourth-order valence-corrected chi connectivity index (χ4v) is 4.09. The fourth-order valence-electron chi connectivity index (χ4n) is 4.09. The number of hydrogen-bond donors (Lipinski definition) is 1. The molecule has 2 aliphatic rings. The summed E-state index contributed by atoms with van der Waals surface area (Å²) in [5.74, 6) is -0.798. The molecule has 0 spiro atoms. The van der Waals surface area contributed by atoms with Crippen molar-refractivity contribution in [2.75, 3.05) is 19.6 Å². The van der Waals surface area contributed by atoms with Gasteiger partial charge in [-0.05, 0) is 37.5 Å². The van der Waals surface area contributed by atoms with E-state index in [0.717, 1.165) is 5.56 Å². The Morgan fingerprint density at radius 2 is 1.59 bits per heavy atom. The van der Waals surface area contributed by atoms with E-state index >= 15 is 0 Å². The summed E-state index contributed by atoms with van der Waals surface area (Å²) in [7, 11) is 0. The van der Waals surface area contributed by atoms with Crippen LogP contribution in [-0.4, -0.2) is 58.8 Å². The van der Waals surface area contributed by atoms with Gasteiger partial charge in [-0.1, -0.05) is 42.5 Å². The molecular weight excluding hydrogens is 410 g/mol. The van der Waals surface area contributed by atoms with Crippen LogP contribution in [0.25, 0.3) is 0 Å². The number of ether oxygens (including phenoxy) is 1. The van der Waals surface area contributed by atoms with Gasteiger partial charge in [-0.25, -0.2) is 4.79 Å². The molecule has 2 aromatic rings. The smallest absolute Gasteiger partial charge is 0.408 e. The number of nitrogens with zero attached hydrogens (tertiary/aromatic N) is 2. The molecular formula is C24H25N3O5. The SMILES string of the molecule is C[C@@]1(NC(=O)OCc2ccccc2)CCN(CCCN2C(=O)c3ccccc3C2=O)C1=O. The van der Waals surface area contributed by atoms with Crippen LogP contribution in [0, 0.1) is 0 Å². The highest BCUT2D eigenvalue weighted by Gasteiger charge is 2.44. The van der Waals surface area contributed by atoms with Crippen molar-refractivity contribution in [3.63, 3.8) is 0 Å². The van der Waals surface area contributed by atoms with Crippen LogP contribution in [0.15, 0.2) is 54.6 Å². The molecule has 0 bridgehead atoms. The van der Waals surface area contributed by atoms with Crippen molar-refractivity contribution in [2.45, 2.75) is 31.9 Å². The van der Waals surface area contributed by atoms with Crippen molar-refractivity contribution in [2.24, 2.45) is 0 Å². The van der Waals surface area contributed by atoms with E-state index < -0.39 is 11.6 Å². The van der Waals surface area contributed by atoms with Crippen molar-refractivity contribution in [3.8, 4) is 0 Å². The van der Waals surface area contributed by atoms with E-state index in [4.69, 9.17) is 4.74 Å². The molecule has 8 heteroatoms. The highest BCUT2D eigenvalue weighted by Crippen LogP contribution is 2.25. The molecule has 2 heterocycles. The Morgan fingerprint density at radius 3 is 2.25 bits per heavy atom. The summed E-state index contributed by atoms with van der Waals surface area (Å²) in [5.41, 5.74) is 0.657. The maximum Gasteiger partial charge on any atom is 0.408 e. The average Bonchev–Trinajstić information content (AvgIpc) is 3.21. The van der Waals surface area contributed by atoms with E-state index in [1.54, 1.807) is 36.1 Å². The number of hydrogen-bond acceptors (Lipinski definition) is 5. The summed E-state index contributed by atoms with van der Waals surface area (Å²) in [5, 5.41) is 2.69. The van der Waals surface area contributed by atoms with Gasteiger partial charge in [0.25, 0.3) is 11.8 Å². The third kappa shape index (κ3) is 4.21. The Bertz CT molecular complexity index is 1020. The molecule has 2 aliphatic heterocycles. The Kier molecular flexibility index (Phi) is 5.94. The molecule has 4 amide bonds. The van der Waals surface area contributed by atoms with Crippen LogP contribution in [0.4, 0.5) is 4.79 Å². The van der Waals surface area contributed by atoms with Gasteiger partial charge in [0.15, 0.2) is 0 Å². The number of alkyl carbamates (subject to hydrolysis) is 1. The first-order valence-electron chi connectivity index (χ1n) is 10.6. The zero-order valence-corrected chi connectivity index (χ0v) is 17.9. The van der Waals surface area contributed by atoms with Gasteiger partial charge in [0.2, 0.25) is 5.91 Å². The second-order valence-electron chi connectivity index (χ2n) is 8.22. The van der Waals surface area contributed by atoms with E-state index in [1.807, 2.05) is 30.3 Å². The van der Waals surface area contributed by atoms with Gasteiger partial charge in [0, 0.05) is 19.6 Å². The predicted molar refractivity (Wildman–Crippen MR) is 116 cm³/mol. The van der Waals surface area contributed by atoms with Crippen molar-refractivity contribution in [1.82, 2.24) is 15.1 Å². The Morgan fingerprint density at radius 1 is 0.969 bits per heavy atom. The second kappa shape index (κ2) is 8.82. The lowest BCUT2D eigenvalue weighted by Gasteiger charge is -2.25. The molecule has 0 radical (unpaired) electrons. The van der Waals surface area contributed by atoms with Gasteiger partial charge in [-0.3, -0.25) is 19.3 Å². The first-order chi connectivity index (χ1) is 15.4. The first-order valence-corrected chi connectivity index (χ1v) is 10.6. The number of carbonyl (C=O) groups is 4. The van der Waals surface area contributed by atoms with Crippen molar-refractivity contribution in [3.05, 3.63) is 71.3 Å². The minimum Gasteiger partial charge on any atom is -0.445 e. The number of amides is 4. The van der Waals surface area contributed by atoms with E-state index in [1.165, 1.54) is 4.90 Å². The minimum absolute atomic E-state index is 0.126. The van der Waals surface area contributed by atoms with E-state index in [2.05, 4.69) is 5.32 Å². The third-order valence-electron chi connectivity index (χ3n) is 5.92. The molecule has 8 nitrogen and oxygen atoms in total. The highest BCUT2D eigenvalue weighted by atomic mass is 16.5. The molecule has 0 unspecified atom stereocenters. The maximum atomic E-state index is 12.9. The van der Waals surface area contributed by atoms with Crippen LogP contribution in [0.3, 0.4) is 0 Å². The van der Waals surface area contributed by atoms with Crippen molar-refractivity contribution < 1.29 is 23.9 Å². The molecule has 4 rings (SSSR count). The summed E-state index contributed by atoms with van der Waals surface area (Å²) < 4.78 is 5.24. The lowest BCUT2D eigenvalue weighted by atomic mass is 10.0. The Labute approximate surface area is 186 Å². The van der Waals surface area contributed by atoms with Gasteiger partial charge >= 0.3 is 6.09 Å². The van der Waals surface area contributed by atoms with E-state index in [0.29, 0.717) is 37.1 Å². The maximum absolute atomic E-state index is 12.9. The monoisotopic (exact) mass is 435 g/mol. The fraction of sp³-hybridized carbons (Fsp3) is 0.333. The topological polar surface area (TPSA) is 96.0 Å². The number of imide groups is 1. The molecule has 166 valence electrons. The number of likely N-dealkylation sites (tertiary alicyclic amines) is 1. The summed E-state index contributed by atoms with van der Waals surface area (Å²) in [6.45, 7) is 2.92. The molecule has 32 heavy (non-hydrogen) atoms. The summed E-state index contributed by atoms with van der Waals surface area (Å²) in [4.78, 5) is 52.9. The number of rotatable bonds is 7. The molecule has 1 fully saturated rings. The first kappa shape index (κ1) is 21.5. The quantitative estimate of drug-likeness (QED) is 0.675. The summed E-state index contributed by atoms with van der Waals surface area (Å²) in [6, 6.07) is 16.1.